The first kappa shape index (κ1) is 17.8. The Morgan fingerprint density at radius 1 is 1.44 bits per heavy atom. The van der Waals surface area contributed by atoms with Crippen molar-refractivity contribution in [3.63, 3.8) is 0 Å². The summed E-state index contributed by atoms with van der Waals surface area (Å²) in [6.07, 6.45) is 0.942. The highest BCUT2D eigenvalue weighted by molar-refractivity contribution is 8.14. The molecule has 25 heavy (non-hydrogen) atoms. The molecular formula is C17H20N4O2S2. The highest BCUT2D eigenvalue weighted by Gasteiger charge is 2.23. The molecule has 0 bridgehead atoms. The average Bonchev–Trinajstić information content (AvgIpc) is 3.23. The zero-order chi connectivity index (χ0) is 17.8. The molecule has 1 aliphatic heterocycles. The first-order chi connectivity index (χ1) is 12.1. The second-order valence-electron chi connectivity index (χ2n) is 5.59. The van der Waals surface area contributed by atoms with Crippen molar-refractivity contribution >= 4 is 39.9 Å². The van der Waals surface area contributed by atoms with E-state index >= 15 is 0 Å². The summed E-state index contributed by atoms with van der Waals surface area (Å²) in [5, 5.41) is 7.34. The Hall–Kier alpha value is -2.06. The number of thioether (sulfide) groups is 1. The van der Waals surface area contributed by atoms with Gasteiger partial charge in [-0.25, -0.2) is 4.79 Å². The third-order valence-corrected chi connectivity index (χ3v) is 5.79. The minimum atomic E-state index is -0.328. The topological polar surface area (TPSA) is 78.8 Å². The molecule has 8 heteroatoms. The Morgan fingerprint density at radius 2 is 2.28 bits per heavy atom. The van der Waals surface area contributed by atoms with E-state index in [0.717, 1.165) is 40.8 Å². The van der Waals surface area contributed by atoms with Crippen molar-refractivity contribution in [2.45, 2.75) is 20.3 Å². The molecule has 0 spiro atoms. The van der Waals surface area contributed by atoms with Crippen LogP contribution < -0.4 is 5.43 Å². The fraction of sp³-hybridized carbons (Fsp3) is 0.353. The molecule has 6 nitrogen and oxygen atoms in total. The number of thiophene rings is 1. The van der Waals surface area contributed by atoms with Crippen LogP contribution in [-0.4, -0.2) is 41.2 Å². The number of methoxy groups -OCH3 is 1. The predicted molar refractivity (Wildman–Crippen MR) is 104 cm³/mol. The number of aliphatic imine (C=N–C) groups is 1. The molecule has 132 valence electrons. The number of aromatic amines is 1. The lowest BCUT2D eigenvalue weighted by atomic mass is 10.1. The zero-order valence-electron chi connectivity index (χ0n) is 14.4. The lowest BCUT2D eigenvalue weighted by molar-refractivity contribution is 0.0599. The molecule has 2 N–H and O–H groups in total. The summed E-state index contributed by atoms with van der Waals surface area (Å²) in [5.41, 5.74) is 7.00. The molecule has 3 rings (SSSR count). The van der Waals surface area contributed by atoms with Crippen LogP contribution in [0.15, 0.2) is 27.6 Å². The highest BCUT2D eigenvalue weighted by Crippen LogP contribution is 2.22. The van der Waals surface area contributed by atoms with Crippen molar-refractivity contribution in [2.24, 2.45) is 10.1 Å². The van der Waals surface area contributed by atoms with Gasteiger partial charge in [-0.1, -0.05) is 17.8 Å². The second-order valence-corrected chi connectivity index (χ2v) is 7.59. The van der Waals surface area contributed by atoms with Crippen LogP contribution in [0, 0.1) is 13.8 Å². The number of carbonyl (C=O) groups is 1. The standard InChI is InChI=1S/C17H20N4O2S2/c1-10-14(16(22)23-3)11(2)19-15(10)13-9-25-17(21-20-13)18-7-6-12-5-4-8-24-12/h4-5,8,19H,6-7,9H2,1-3H3,(H,18,21). The molecule has 0 aliphatic carbocycles. The van der Waals surface area contributed by atoms with Crippen LogP contribution in [0.4, 0.5) is 0 Å². The SMILES string of the molecule is COC(=O)c1c(C)[nH]c(C2=NNC(=NCCc3cccs3)SC2)c1C. The largest absolute Gasteiger partial charge is 0.465 e. The van der Waals surface area contributed by atoms with E-state index in [-0.39, 0.29) is 5.97 Å². The van der Waals surface area contributed by atoms with Gasteiger partial charge in [-0.3, -0.25) is 10.4 Å². The Kier molecular flexibility index (Phi) is 5.60. The predicted octanol–water partition coefficient (Wildman–Crippen LogP) is 3.12. The van der Waals surface area contributed by atoms with E-state index < -0.39 is 0 Å². The summed E-state index contributed by atoms with van der Waals surface area (Å²) < 4.78 is 4.85. The van der Waals surface area contributed by atoms with Crippen molar-refractivity contribution < 1.29 is 9.53 Å². The number of nitrogens with zero attached hydrogens (tertiary/aromatic N) is 2. The molecule has 3 heterocycles. The molecule has 2 aromatic heterocycles. The first-order valence-electron chi connectivity index (χ1n) is 7.90. The number of H-pyrrole nitrogens is 1. The van der Waals surface area contributed by atoms with Crippen LogP contribution in [0.1, 0.15) is 32.2 Å². The molecule has 0 saturated heterocycles. The van der Waals surface area contributed by atoms with E-state index in [1.807, 2.05) is 13.8 Å². The van der Waals surface area contributed by atoms with Crippen molar-refractivity contribution in [3.05, 3.63) is 44.9 Å². The molecule has 2 aromatic rings. The normalized spacial score (nSPS) is 15.8. The quantitative estimate of drug-likeness (QED) is 0.786. The second kappa shape index (κ2) is 7.88. The Labute approximate surface area is 154 Å². The van der Waals surface area contributed by atoms with Gasteiger partial charge in [-0.15, -0.1) is 11.3 Å². The average molecular weight is 377 g/mol. The van der Waals surface area contributed by atoms with Gasteiger partial charge in [0, 0.05) is 29.3 Å². The van der Waals surface area contributed by atoms with Gasteiger partial charge >= 0.3 is 5.97 Å². The Morgan fingerprint density at radius 3 is 2.92 bits per heavy atom. The maximum absolute atomic E-state index is 11.9. The number of ether oxygens (including phenoxy) is 1. The van der Waals surface area contributed by atoms with Gasteiger partial charge in [0.05, 0.1) is 24.1 Å². The van der Waals surface area contributed by atoms with Crippen LogP contribution in [0.5, 0.6) is 0 Å². The molecular weight excluding hydrogens is 356 g/mol. The van der Waals surface area contributed by atoms with E-state index in [4.69, 9.17) is 4.74 Å². The van der Waals surface area contributed by atoms with Crippen molar-refractivity contribution in [2.75, 3.05) is 19.4 Å². The third kappa shape index (κ3) is 3.96. The first-order valence-corrected chi connectivity index (χ1v) is 9.76. The van der Waals surface area contributed by atoms with E-state index in [2.05, 4.69) is 38.0 Å². The zero-order valence-corrected chi connectivity index (χ0v) is 16.0. The fourth-order valence-electron chi connectivity index (χ4n) is 2.69. The van der Waals surface area contributed by atoms with Gasteiger partial charge in [-0.05, 0) is 30.9 Å². The molecule has 0 fully saturated rings. The molecule has 1 aliphatic rings. The monoisotopic (exact) mass is 376 g/mol. The number of aromatic nitrogens is 1. The minimum absolute atomic E-state index is 0.328. The lowest BCUT2D eigenvalue weighted by Crippen LogP contribution is -2.26. The molecule has 0 unspecified atom stereocenters. The van der Waals surface area contributed by atoms with Crippen LogP contribution >= 0.6 is 23.1 Å². The number of hydrogen-bond donors (Lipinski definition) is 2. The van der Waals surface area contributed by atoms with Gasteiger partial charge in [0.15, 0.2) is 5.17 Å². The molecule has 0 atom stereocenters. The number of esters is 1. The molecule has 0 amide bonds. The van der Waals surface area contributed by atoms with E-state index in [1.165, 1.54) is 12.0 Å². The number of carbonyl (C=O) groups excluding carboxylic acids is 1. The summed E-state index contributed by atoms with van der Waals surface area (Å²) in [7, 11) is 1.39. The van der Waals surface area contributed by atoms with Crippen molar-refractivity contribution in [1.29, 1.82) is 0 Å². The van der Waals surface area contributed by atoms with Gasteiger partial charge in [0.1, 0.15) is 0 Å². The summed E-state index contributed by atoms with van der Waals surface area (Å²) >= 11 is 3.37. The van der Waals surface area contributed by atoms with Crippen molar-refractivity contribution in [3.8, 4) is 0 Å². The summed E-state index contributed by atoms with van der Waals surface area (Å²) in [6, 6.07) is 4.18. The minimum Gasteiger partial charge on any atom is -0.465 e. The van der Waals surface area contributed by atoms with E-state index in [0.29, 0.717) is 11.3 Å². The van der Waals surface area contributed by atoms with Gasteiger partial charge in [0.25, 0.3) is 0 Å². The number of hydrogen-bond acceptors (Lipinski definition) is 6. The van der Waals surface area contributed by atoms with Gasteiger partial charge < -0.3 is 9.72 Å². The maximum Gasteiger partial charge on any atom is 0.339 e. The fourth-order valence-corrected chi connectivity index (χ4v) is 4.17. The summed E-state index contributed by atoms with van der Waals surface area (Å²) in [5.74, 6) is 0.372. The molecule has 0 radical (unpaired) electrons. The van der Waals surface area contributed by atoms with Crippen molar-refractivity contribution in [1.82, 2.24) is 10.4 Å². The van der Waals surface area contributed by atoms with Crippen LogP contribution in [0.3, 0.4) is 0 Å². The van der Waals surface area contributed by atoms with Crippen LogP contribution in [0.2, 0.25) is 0 Å². The molecule has 0 saturated carbocycles. The van der Waals surface area contributed by atoms with Gasteiger partial charge in [-0.2, -0.15) is 5.10 Å². The van der Waals surface area contributed by atoms with E-state index in [1.54, 1.807) is 23.1 Å². The number of hydrazone groups is 1. The summed E-state index contributed by atoms with van der Waals surface area (Å²) in [4.78, 5) is 21.0. The highest BCUT2D eigenvalue weighted by atomic mass is 32.2. The number of aryl methyl sites for hydroxylation is 1. The number of rotatable bonds is 5. The maximum atomic E-state index is 11.9. The Balaban J connectivity index is 1.68. The molecule has 0 aromatic carbocycles. The van der Waals surface area contributed by atoms with Crippen LogP contribution in [0.25, 0.3) is 0 Å². The third-order valence-electron chi connectivity index (χ3n) is 3.94. The van der Waals surface area contributed by atoms with Crippen LogP contribution in [-0.2, 0) is 11.2 Å². The Bertz CT molecular complexity index is 822. The lowest BCUT2D eigenvalue weighted by Gasteiger charge is -2.14. The summed E-state index contributed by atoms with van der Waals surface area (Å²) in [6.45, 7) is 4.51. The van der Waals surface area contributed by atoms with Gasteiger partial charge in [0.2, 0.25) is 0 Å². The number of nitrogens with one attached hydrogen (secondary N) is 2. The van der Waals surface area contributed by atoms with E-state index in [9.17, 15) is 4.79 Å². The smallest absolute Gasteiger partial charge is 0.339 e. The number of amidine groups is 1.